The third kappa shape index (κ3) is 10.4. The highest BCUT2D eigenvalue weighted by Gasteiger charge is 2.26. The predicted octanol–water partition coefficient (Wildman–Crippen LogP) is 11.1. The van der Waals surface area contributed by atoms with Gasteiger partial charge in [-0.25, -0.2) is 15.0 Å². The minimum atomic E-state index is 0.00747. The summed E-state index contributed by atoms with van der Waals surface area (Å²) in [6.45, 7) is 13.8. The van der Waals surface area contributed by atoms with Crippen molar-refractivity contribution in [3.05, 3.63) is 58.3 Å². The molecule has 9 nitrogen and oxygen atoms in total. The van der Waals surface area contributed by atoms with Crippen LogP contribution in [-0.2, 0) is 4.74 Å². The highest BCUT2D eigenvalue weighted by atomic mass is 16.5. The summed E-state index contributed by atoms with van der Waals surface area (Å²) in [6.07, 6.45) is 14.2. The van der Waals surface area contributed by atoms with Gasteiger partial charge in [0.15, 0.2) is 17.5 Å². The van der Waals surface area contributed by atoms with E-state index in [4.69, 9.17) is 29.2 Å². The van der Waals surface area contributed by atoms with Gasteiger partial charge >= 0.3 is 0 Å². The molecule has 1 heterocycles. The third-order valence-electron chi connectivity index (χ3n) is 9.60. The van der Waals surface area contributed by atoms with Crippen LogP contribution < -0.4 is 9.47 Å². The van der Waals surface area contributed by atoms with E-state index >= 15 is 0 Å². The number of allylic oxidation sites excluding steroid dienone is 3. The fourth-order valence-corrected chi connectivity index (χ4v) is 6.24. The van der Waals surface area contributed by atoms with Crippen LogP contribution in [-0.4, -0.2) is 50.1 Å². The maximum Gasteiger partial charge on any atom is 0.167 e. The summed E-state index contributed by atoms with van der Waals surface area (Å²) >= 11 is 0. The molecule has 4 rings (SSSR count). The normalized spacial score (nSPS) is 13.2. The Balaban J connectivity index is 1.73. The van der Waals surface area contributed by atoms with Gasteiger partial charge in [0.05, 0.1) is 30.9 Å². The van der Waals surface area contributed by atoms with Gasteiger partial charge in [0.1, 0.15) is 34.5 Å². The highest BCUT2D eigenvalue weighted by Crippen LogP contribution is 2.41. The number of aliphatic hydroxyl groups excluding tert-OH is 1. The molecule has 0 amide bonds. The van der Waals surface area contributed by atoms with Gasteiger partial charge in [0, 0.05) is 28.7 Å². The first-order valence-electron chi connectivity index (χ1n) is 19.1. The number of benzene rings is 2. The maximum absolute atomic E-state index is 11.5. The molecular formula is C42H59N3O6. The Kier molecular flexibility index (Phi) is 15.5. The van der Waals surface area contributed by atoms with Crippen molar-refractivity contribution in [3.63, 3.8) is 0 Å². The maximum atomic E-state index is 11.5. The number of phenolic OH excluding ortho intramolecular Hbond substituents is 2. The van der Waals surface area contributed by atoms with E-state index < -0.39 is 0 Å². The molecule has 0 saturated carbocycles. The molecule has 0 atom stereocenters. The SMILES string of the molecule is CCCCCCOC1=C(C)C(O)=C(c2nc(-c3ccc(OCCCCCC)c(C)c3O)nc(-c3ccc(OCCCCCC)c(C)c3O)n2)CC1. The lowest BCUT2D eigenvalue weighted by Gasteiger charge is -2.22. The van der Waals surface area contributed by atoms with E-state index in [1.54, 1.807) is 12.1 Å². The Labute approximate surface area is 304 Å². The Morgan fingerprint density at radius 2 is 0.961 bits per heavy atom. The average molecular weight is 702 g/mol. The van der Waals surface area contributed by atoms with Gasteiger partial charge < -0.3 is 29.5 Å². The van der Waals surface area contributed by atoms with Gasteiger partial charge in [0.25, 0.3) is 0 Å². The van der Waals surface area contributed by atoms with Crippen LogP contribution in [0.1, 0.15) is 135 Å². The topological polar surface area (TPSA) is 127 Å². The number of aromatic hydroxyl groups is 2. The molecule has 278 valence electrons. The summed E-state index contributed by atoms with van der Waals surface area (Å²) in [5, 5.41) is 34.4. The van der Waals surface area contributed by atoms with Gasteiger partial charge in [-0.2, -0.15) is 0 Å². The monoisotopic (exact) mass is 701 g/mol. The van der Waals surface area contributed by atoms with Crippen molar-refractivity contribution in [2.45, 2.75) is 131 Å². The molecule has 0 unspecified atom stereocenters. The molecular weight excluding hydrogens is 642 g/mol. The second kappa shape index (κ2) is 19.9. The molecule has 1 aromatic heterocycles. The molecule has 9 heteroatoms. The van der Waals surface area contributed by atoms with Crippen LogP contribution in [0.2, 0.25) is 0 Å². The van der Waals surface area contributed by atoms with E-state index in [2.05, 4.69) is 20.8 Å². The first kappa shape index (κ1) is 39.5. The van der Waals surface area contributed by atoms with Crippen molar-refractivity contribution >= 4 is 5.57 Å². The number of unbranched alkanes of at least 4 members (excludes halogenated alkanes) is 9. The number of ether oxygens (including phenoxy) is 3. The van der Waals surface area contributed by atoms with Crippen molar-refractivity contribution < 1.29 is 29.5 Å². The van der Waals surface area contributed by atoms with E-state index in [0.29, 0.717) is 77.6 Å². The third-order valence-corrected chi connectivity index (χ3v) is 9.60. The van der Waals surface area contributed by atoms with Gasteiger partial charge in [0.2, 0.25) is 0 Å². The first-order chi connectivity index (χ1) is 24.7. The van der Waals surface area contributed by atoms with E-state index in [-0.39, 0.29) is 34.7 Å². The number of aliphatic hydroxyl groups is 1. The molecule has 51 heavy (non-hydrogen) atoms. The number of rotatable bonds is 21. The molecule has 0 spiro atoms. The lowest BCUT2D eigenvalue weighted by atomic mass is 9.95. The molecule has 1 aliphatic rings. The smallest absolute Gasteiger partial charge is 0.167 e. The quantitative estimate of drug-likeness (QED) is 0.0930. The molecule has 0 aliphatic heterocycles. The zero-order valence-electron chi connectivity index (χ0n) is 31.7. The summed E-state index contributed by atoms with van der Waals surface area (Å²) < 4.78 is 18.1. The molecule has 0 fully saturated rings. The van der Waals surface area contributed by atoms with Crippen LogP contribution in [0.3, 0.4) is 0 Å². The lowest BCUT2D eigenvalue weighted by molar-refractivity contribution is 0.189. The summed E-state index contributed by atoms with van der Waals surface area (Å²) in [5.41, 5.74) is 3.20. The zero-order chi connectivity index (χ0) is 36.8. The van der Waals surface area contributed by atoms with Gasteiger partial charge in [-0.1, -0.05) is 78.6 Å². The van der Waals surface area contributed by atoms with Gasteiger partial charge in [-0.3, -0.25) is 0 Å². The summed E-state index contributed by atoms with van der Waals surface area (Å²) in [6, 6.07) is 7.15. The van der Waals surface area contributed by atoms with Crippen molar-refractivity contribution in [2.75, 3.05) is 19.8 Å². The Hall–Kier alpha value is -4.27. The zero-order valence-corrected chi connectivity index (χ0v) is 31.7. The van der Waals surface area contributed by atoms with Crippen molar-refractivity contribution in [2.24, 2.45) is 0 Å². The lowest BCUT2D eigenvalue weighted by Crippen LogP contribution is -2.11. The fourth-order valence-electron chi connectivity index (χ4n) is 6.24. The molecule has 3 N–H and O–H groups in total. The molecule has 0 saturated heterocycles. The molecule has 3 aromatic rings. The molecule has 2 aromatic carbocycles. The summed E-state index contributed by atoms with van der Waals surface area (Å²) in [7, 11) is 0. The Morgan fingerprint density at radius 3 is 1.41 bits per heavy atom. The molecule has 0 bridgehead atoms. The molecule has 0 radical (unpaired) electrons. The largest absolute Gasteiger partial charge is 0.507 e. The number of nitrogens with zero attached hydrogens (tertiary/aromatic N) is 3. The van der Waals surface area contributed by atoms with Crippen LogP contribution in [0.5, 0.6) is 23.0 Å². The number of hydrogen-bond donors (Lipinski definition) is 3. The summed E-state index contributed by atoms with van der Waals surface area (Å²) in [5.74, 6) is 2.80. The van der Waals surface area contributed by atoms with E-state index in [9.17, 15) is 15.3 Å². The number of aromatic nitrogens is 3. The fraction of sp³-hybridized carbons (Fsp3) is 0.548. The summed E-state index contributed by atoms with van der Waals surface area (Å²) in [4.78, 5) is 14.4. The standard InChI is InChI=1S/C42H59N3O6/c1-7-10-13-16-25-49-34-22-19-31(37(46)28(34)4)40-43-41(32-20-23-35(29(5)38(32)47)50-26-17-14-11-8-2)45-42(44-40)33-21-24-36(30(6)39(33)48)51-27-18-15-12-9-3/h19-20,22-23,46-48H,7-18,21,24-27H2,1-6H3. The number of hydrogen-bond acceptors (Lipinski definition) is 9. The minimum absolute atomic E-state index is 0.00747. The number of phenols is 2. The van der Waals surface area contributed by atoms with Crippen LogP contribution >= 0.6 is 0 Å². The second-order valence-electron chi connectivity index (χ2n) is 13.6. The van der Waals surface area contributed by atoms with Crippen LogP contribution in [0.15, 0.2) is 41.4 Å². The predicted molar refractivity (Wildman–Crippen MR) is 204 cm³/mol. The van der Waals surface area contributed by atoms with E-state index in [1.165, 1.54) is 6.42 Å². The Bertz CT molecular complexity index is 1580. The van der Waals surface area contributed by atoms with Crippen LogP contribution in [0.4, 0.5) is 0 Å². The van der Waals surface area contributed by atoms with Crippen molar-refractivity contribution in [3.8, 4) is 45.8 Å². The van der Waals surface area contributed by atoms with Gasteiger partial charge in [-0.05, 0) is 70.7 Å². The average Bonchev–Trinajstić information content (AvgIpc) is 3.13. The molecule has 1 aliphatic carbocycles. The van der Waals surface area contributed by atoms with E-state index in [0.717, 1.165) is 76.4 Å². The van der Waals surface area contributed by atoms with Crippen LogP contribution in [0.25, 0.3) is 28.3 Å². The minimum Gasteiger partial charge on any atom is -0.507 e. The Morgan fingerprint density at radius 1 is 0.529 bits per heavy atom. The highest BCUT2D eigenvalue weighted by molar-refractivity contribution is 5.76. The van der Waals surface area contributed by atoms with Gasteiger partial charge in [-0.15, -0.1) is 0 Å². The van der Waals surface area contributed by atoms with Crippen molar-refractivity contribution in [1.82, 2.24) is 15.0 Å². The second-order valence-corrected chi connectivity index (χ2v) is 13.6. The van der Waals surface area contributed by atoms with E-state index in [1.807, 2.05) is 32.9 Å². The van der Waals surface area contributed by atoms with Crippen molar-refractivity contribution in [1.29, 1.82) is 0 Å². The van der Waals surface area contributed by atoms with Crippen LogP contribution in [0, 0.1) is 13.8 Å². The first-order valence-corrected chi connectivity index (χ1v) is 19.1.